The first kappa shape index (κ1) is 16.6. The molecule has 1 aromatic heterocycles. The fourth-order valence-corrected chi connectivity index (χ4v) is 2.54. The van der Waals surface area contributed by atoms with Crippen LogP contribution in [0.4, 0.5) is 5.95 Å². The van der Waals surface area contributed by atoms with E-state index in [1.807, 2.05) is 42.5 Å². The van der Waals surface area contributed by atoms with Gasteiger partial charge in [0.2, 0.25) is 5.95 Å². The lowest BCUT2D eigenvalue weighted by molar-refractivity contribution is 0.395. The van der Waals surface area contributed by atoms with Crippen molar-refractivity contribution in [2.24, 2.45) is 0 Å². The summed E-state index contributed by atoms with van der Waals surface area (Å²) in [5.74, 6) is 2.29. The van der Waals surface area contributed by atoms with E-state index in [1.54, 1.807) is 27.4 Å². The molecule has 0 aliphatic carbocycles. The molecule has 0 radical (unpaired) electrons. The number of rotatable bonds is 5. The van der Waals surface area contributed by atoms with Crippen molar-refractivity contribution >= 4 is 5.95 Å². The quantitative estimate of drug-likeness (QED) is 0.768. The summed E-state index contributed by atoms with van der Waals surface area (Å²) in [5.41, 5.74) is 9.01. The normalized spacial score (nSPS) is 10.4. The van der Waals surface area contributed by atoms with Crippen LogP contribution in [0.2, 0.25) is 0 Å². The fourth-order valence-electron chi connectivity index (χ4n) is 2.54. The van der Waals surface area contributed by atoms with Crippen molar-refractivity contribution in [3.05, 3.63) is 48.5 Å². The Morgan fingerprint density at radius 3 is 2.20 bits per heavy atom. The minimum absolute atomic E-state index is 0.188. The van der Waals surface area contributed by atoms with Crippen LogP contribution in [0.1, 0.15) is 0 Å². The van der Waals surface area contributed by atoms with Crippen molar-refractivity contribution in [1.82, 2.24) is 9.97 Å². The summed E-state index contributed by atoms with van der Waals surface area (Å²) < 4.78 is 16.0. The van der Waals surface area contributed by atoms with Crippen molar-refractivity contribution in [2.45, 2.75) is 0 Å². The molecule has 0 amide bonds. The molecule has 3 rings (SSSR count). The first-order valence-corrected chi connectivity index (χ1v) is 7.66. The number of anilines is 1. The molecule has 0 bridgehead atoms. The lowest BCUT2D eigenvalue weighted by Crippen LogP contribution is -2.00. The highest BCUT2D eigenvalue weighted by molar-refractivity contribution is 5.74. The number of nitrogen functional groups attached to an aromatic ring is 1. The summed E-state index contributed by atoms with van der Waals surface area (Å²) in [6, 6.07) is 15.0. The Hall–Kier alpha value is -3.28. The number of benzene rings is 2. The maximum absolute atomic E-state index is 5.93. The molecule has 6 nitrogen and oxygen atoms in total. The molecular formula is C19H19N3O3. The van der Waals surface area contributed by atoms with Gasteiger partial charge in [-0.05, 0) is 30.3 Å². The minimum atomic E-state index is 0.188. The van der Waals surface area contributed by atoms with Gasteiger partial charge < -0.3 is 19.9 Å². The number of nitrogens with two attached hydrogens (primary N) is 1. The van der Waals surface area contributed by atoms with Gasteiger partial charge in [-0.25, -0.2) is 9.97 Å². The Kier molecular flexibility index (Phi) is 4.70. The van der Waals surface area contributed by atoms with Gasteiger partial charge in [0, 0.05) is 17.2 Å². The molecule has 2 N–H and O–H groups in total. The number of hydrogen-bond donors (Lipinski definition) is 1. The second kappa shape index (κ2) is 7.09. The Bertz CT molecular complexity index is 897. The van der Waals surface area contributed by atoms with Gasteiger partial charge in [-0.1, -0.05) is 12.1 Å². The topological polar surface area (TPSA) is 79.5 Å². The summed E-state index contributed by atoms with van der Waals surface area (Å²) in [7, 11) is 4.84. The van der Waals surface area contributed by atoms with E-state index in [-0.39, 0.29) is 5.95 Å². The highest BCUT2D eigenvalue weighted by Crippen LogP contribution is 2.34. The predicted molar refractivity (Wildman–Crippen MR) is 97.0 cm³/mol. The Morgan fingerprint density at radius 1 is 0.760 bits per heavy atom. The van der Waals surface area contributed by atoms with E-state index in [9.17, 15) is 0 Å². The molecule has 0 saturated heterocycles. The van der Waals surface area contributed by atoms with Crippen LogP contribution < -0.4 is 19.9 Å². The smallest absolute Gasteiger partial charge is 0.221 e. The monoisotopic (exact) mass is 337 g/mol. The molecular weight excluding hydrogens is 318 g/mol. The standard InChI is InChI=1S/C19H19N3O3/c1-23-13-6-4-5-12(9-13)16-11-17(22-19(20)21-16)15-8-7-14(24-2)10-18(15)25-3/h4-11H,1-3H3,(H2,20,21,22). The number of hydrogen-bond acceptors (Lipinski definition) is 6. The van der Waals surface area contributed by atoms with E-state index < -0.39 is 0 Å². The van der Waals surface area contributed by atoms with Crippen molar-refractivity contribution in [2.75, 3.05) is 27.1 Å². The Labute approximate surface area is 146 Å². The zero-order valence-electron chi connectivity index (χ0n) is 14.3. The van der Waals surface area contributed by atoms with E-state index in [4.69, 9.17) is 19.9 Å². The van der Waals surface area contributed by atoms with E-state index in [1.165, 1.54) is 0 Å². The van der Waals surface area contributed by atoms with Crippen LogP contribution in [0.25, 0.3) is 22.5 Å². The van der Waals surface area contributed by atoms with Crippen molar-refractivity contribution in [1.29, 1.82) is 0 Å². The second-order valence-electron chi connectivity index (χ2n) is 5.29. The molecule has 0 unspecified atom stereocenters. The molecule has 0 spiro atoms. The highest BCUT2D eigenvalue weighted by atomic mass is 16.5. The van der Waals surface area contributed by atoms with Crippen LogP contribution in [0.3, 0.4) is 0 Å². The van der Waals surface area contributed by atoms with Crippen LogP contribution >= 0.6 is 0 Å². The zero-order chi connectivity index (χ0) is 17.8. The fraction of sp³-hybridized carbons (Fsp3) is 0.158. The van der Waals surface area contributed by atoms with Crippen LogP contribution in [-0.2, 0) is 0 Å². The van der Waals surface area contributed by atoms with E-state index in [2.05, 4.69) is 9.97 Å². The largest absolute Gasteiger partial charge is 0.497 e. The maximum Gasteiger partial charge on any atom is 0.221 e. The molecule has 0 aliphatic heterocycles. The Morgan fingerprint density at radius 2 is 1.48 bits per heavy atom. The zero-order valence-corrected chi connectivity index (χ0v) is 14.3. The van der Waals surface area contributed by atoms with Crippen molar-refractivity contribution < 1.29 is 14.2 Å². The van der Waals surface area contributed by atoms with E-state index in [0.29, 0.717) is 22.9 Å². The molecule has 1 heterocycles. The molecule has 0 aliphatic rings. The van der Waals surface area contributed by atoms with Gasteiger partial charge in [-0.2, -0.15) is 0 Å². The van der Waals surface area contributed by atoms with Gasteiger partial charge in [0.05, 0.1) is 32.7 Å². The molecule has 0 saturated carbocycles. The van der Waals surface area contributed by atoms with Crippen molar-refractivity contribution in [3.8, 4) is 39.8 Å². The predicted octanol–water partition coefficient (Wildman–Crippen LogP) is 3.42. The van der Waals surface area contributed by atoms with Gasteiger partial charge >= 0.3 is 0 Å². The number of nitrogens with zero attached hydrogens (tertiary/aromatic N) is 2. The lowest BCUT2D eigenvalue weighted by Gasteiger charge is -2.12. The summed E-state index contributed by atoms with van der Waals surface area (Å²) in [6.45, 7) is 0. The number of methoxy groups -OCH3 is 3. The third-order valence-corrected chi connectivity index (χ3v) is 3.79. The summed E-state index contributed by atoms with van der Waals surface area (Å²) in [6.07, 6.45) is 0. The van der Waals surface area contributed by atoms with E-state index in [0.717, 1.165) is 16.9 Å². The van der Waals surface area contributed by atoms with Crippen LogP contribution in [0, 0.1) is 0 Å². The summed E-state index contributed by atoms with van der Waals surface area (Å²) in [4.78, 5) is 8.69. The lowest BCUT2D eigenvalue weighted by atomic mass is 10.1. The molecule has 128 valence electrons. The van der Waals surface area contributed by atoms with Crippen LogP contribution in [0.5, 0.6) is 17.2 Å². The first-order chi connectivity index (χ1) is 12.1. The number of aromatic nitrogens is 2. The van der Waals surface area contributed by atoms with Crippen LogP contribution in [-0.4, -0.2) is 31.3 Å². The molecule has 6 heteroatoms. The molecule has 2 aromatic carbocycles. The number of ether oxygens (including phenoxy) is 3. The Balaban J connectivity index is 2.11. The molecule has 0 fully saturated rings. The second-order valence-corrected chi connectivity index (χ2v) is 5.29. The first-order valence-electron chi connectivity index (χ1n) is 7.66. The maximum atomic E-state index is 5.93. The van der Waals surface area contributed by atoms with Crippen molar-refractivity contribution in [3.63, 3.8) is 0 Å². The van der Waals surface area contributed by atoms with Gasteiger partial charge in [-0.3, -0.25) is 0 Å². The third-order valence-electron chi connectivity index (χ3n) is 3.79. The highest BCUT2D eigenvalue weighted by Gasteiger charge is 2.12. The molecule has 25 heavy (non-hydrogen) atoms. The minimum Gasteiger partial charge on any atom is -0.497 e. The SMILES string of the molecule is COc1cccc(-c2cc(-c3ccc(OC)cc3OC)nc(N)n2)c1. The van der Waals surface area contributed by atoms with Crippen LogP contribution in [0.15, 0.2) is 48.5 Å². The molecule has 3 aromatic rings. The third kappa shape index (κ3) is 3.47. The summed E-state index contributed by atoms with van der Waals surface area (Å²) >= 11 is 0. The van der Waals surface area contributed by atoms with Gasteiger partial charge in [0.1, 0.15) is 17.2 Å². The average molecular weight is 337 g/mol. The average Bonchev–Trinajstić information content (AvgIpc) is 2.67. The van der Waals surface area contributed by atoms with Gasteiger partial charge in [-0.15, -0.1) is 0 Å². The van der Waals surface area contributed by atoms with Gasteiger partial charge in [0.25, 0.3) is 0 Å². The summed E-state index contributed by atoms with van der Waals surface area (Å²) in [5, 5.41) is 0. The van der Waals surface area contributed by atoms with Gasteiger partial charge in [0.15, 0.2) is 0 Å². The van der Waals surface area contributed by atoms with E-state index >= 15 is 0 Å². The molecule has 0 atom stereocenters.